The van der Waals surface area contributed by atoms with Gasteiger partial charge in [0.15, 0.2) is 0 Å². The van der Waals surface area contributed by atoms with Gasteiger partial charge in [-0.05, 0) is 107 Å². The van der Waals surface area contributed by atoms with Crippen molar-refractivity contribution >= 4 is 43.6 Å². The topological polar surface area (TPSA) is 9.86 Å². The SMILES string of the molecule is c1ccc(-n2c3ccccc3c3cc(-c4ccc5c(c4)c4cc6c(cc4n5-c4ccccc4)Cc4ccccc4-6)ccc32)cc1. The first-order valence-electron chi connectivity index (χ1n) is 15.7. The van der Waals surface area contributed by atoms with Crippen molar-refractivity contribution in [1.29, 1.82) is 0 Å². The number of aromatic nitrogens is 2. The monoisotopic (exact) mass is 572 g/mol. The van der Waals surface area contributed by atoms with Gasteiger partial charge in [-0.1, -0.05) is 91.0 Å². The van der Waals surface area contributed by atoms with Crippen LogP contribution in [0.15, 0.2) is 158 Å². The Morgan fingerprint density at radius 1 is 0.333 bits per heavy atom. The van der Waals surface area contributed by atoms with Crippen molar-refractivity contribution in [3.63, 3.8) is 0 Å². The Morgan fingerprint density at radius 2 is 0.867 bits per heavy atom. The van der Waals surface area contributed by atoms with Crippen LogP contribution < -0.4 is 0 Å². The maximum atomic E-state index is 2.44. The molecule has 1 aliphatic carbocycles. The molecule has 0 atom stereocenters. The summed E-state index contributed by atoms with van der Waals surface area (Å²) in [5.74, 6) is 0. The first-order chi connectivity index (χ1) is 22.3. The summed E-state index contributed by atoms with van der Waals surface area (Å²) < 4.78 is 4.82. The zero-order chi connectivity index (χ0) is 29.5. The molecule has 2 nitrogen and oxygen atoms in total. The fourth-order valence-corrected chi connectivity index (χ4v) is 7.69. The average molecular weight is 573 g/mol. The Kier molecular flexibility index (Phi) is 5.09. The van der Waals surface area contributed by atoms with Gasteiger partial charge in [0.25, 0.3) is 0 Å². The van der Waals surface area contributed by atoms with Crippen molar-refractivity contribution in [3.8, 4) is 33.6 Å². The van der Waals surface area contributed by atoms with E-state index >= 15 is 0 Å². The van der Waals surface area contributed by atoms with E-state index in [9.17, 15) is 0 Å². The van der Waals surface area contributed by atoms with Gasteiger partial charge in [0, 0.05) is 32.9 Å². The molecule has 2 heteroatoms. The molecule has 2 heterocycles. The van der Waals surface area contributed by atoms with Crippen molar-refractivity contribution in [1.82, 2.24) is 9.13 Å². The van der Waals surface area contributed by atoms with E-state index in [0.717, 1.165) is 6.42 Å². The number of hydrogen-bond acceptors (Lipinski definition) is 0. The van der Waals surface area contributed by atoms with Crippen molar-refractivity contribution in [2.45, 2.75) is 6.42 Å². The van der Waals surface area contributed by atoms with Crippen LogP contribution in [-0.2, 0) is 6.42 Å². The Labute approximate surface area is 261 Å². The van der Waals surface area contributed by atoms with Crippen LogP contribution in [0.25, 0.3) is 77.2 Å². The van der Waals surface area contributed by atoms with Crippen molar-refractivity contribution in [3.05, 3.63) is 169 Å². The van der Waals surface area contributed by atoms with Crippen LogP contribution in [0.1, 0.15) is 11.1 Å². The van der Waals surface area contributed by atoms with Crippen molar-refractivity contribution in [2.24, 2.45) is 0 Å². The third-order valence-electron chi connectivity index (χ3n) is 9.71. The molecule has 0 saturated heterocycles. The van der Waals surface area contributed by atoms with E-state index < -0.39 is 0 Å². The summed E-state index contributed by atoms with van der Waals surface area (Å²) in [5, 5.41) is 5.13. The normalized spacial score (nSPS) is 12.4. The third-order valence-corrected chi connectivity index (χ3v) is 9.71. The summed E-state index contributed by atoms with van der Waals surface area (Å²) in [6, 6.07) is 57.9. The molecule has 10 rings (SSSR count). The highest BCUT2D eigenvalue weighted by Crippen LogP contribution is 2.43. The van der Waals surface area contributed by atoms with Crippen LogP contribution in [0.4, 0.5) is 0 Å². The predicted octanol–water partition coefficient (Wildman–Crippen LogP) is 11.1. The molecule has 0 aliphatic heterocycles. The van der Waals surface area contributed by atoms with Gasteiger partial charge in [-0.15, -0.1) is 0 Å². The summed E-state index contributed by atoms with van der Waals surface area (Å²) in [7, 11) is 0. The van der Waals surface area contributed by atoms with E-state index in [1.807, 2.05) is 0 Å². The van der Waals surface area contributed by atoms with Crippen molar-refractivity contribution in [2.75, 3.05) is 0 Å². The average Bonchev–Trinajstić information content (AvgIpc) is 3.74. The Hall–Kier alpha value is -5.86. The number of fused-ring (bicyclic) bond motifs is 9. The van der Waals surface area contributed by atoms with Crippen LogP contribution in [0.5, 0.6) is 0 Å². The van der Waals surface area contributed by atoms with Gasteiger partial charge in [0.1, 0.15) is 0 Å². The minimum Gasteiger partial charge on any atom is -0.309 e. The molecule has 0 amide bonds. The molecule has 0 unspecified atom stereocenters. The molecule has 2 aromatic heterocycles. The smallest absolute Gasteiger partial charge is 0.0544 e. The highest BCUT2D eigenvalue weighted by molar-refractivity contribution is 6.13. The lowest BCUT2D eigenvalue weighted by Crippen LogP contribution is -1.94. The zero-order valence-corrected chi connectivity index (χ0v) is 24.6. The first-order valence-corrected chi connectivity index (χ1v) is 15.7. The standard InChI is InChI=1S/C43H28N2/c1-3-12-32(13-4-1)44-40-18-10-9-17-35(40)37-24-28(19-21-41(37)44)29-20-22-42-38(25-29)39-27-36-31(23-30-11-7-8-16-34(30)36)26-43(39)45(42)33-14-5-2-6-15-33/h1-22,24-27H,23H2. The van der Waals surface area contributed by atoms with Gasteiger partial charge in [0.2, 0.25) is 0 Å². The van der Waals surface area contributed by atoms with Crippen LogP contribution in [0.3, 0.4) is 0 Å². The largest absolute Gasteiger partial charge is 0.309 e. The second kappa shape index (κ2) is 9.32. The molecule has 1 aliphatic rings. The molecule has 210 valence electrons. The molecule has 7 aromatic carbocycles. The number of para-hydroxylation sites is 3. The summed E-state index contributed by atoms with van der Waals surface area (Å²) in [5.41, 5.74) is 15.3. The lowest BCUT2D eigenvalue weighted by molar-refractivity contribution is 1.17. The van der Waals surface area contributed by atoms with Gasteiger partial charge in [-0.2, -0.15) is 0 Å². The molecule has 0 radical (unpaired) electrons. The van der Waals surface area contributed by atoms with E-state index in [4.69, 9.17) is 0 Å². The molecule has 0 bridgehead atoms. The zero-order valence-electron chi connectivity index (χ0n) is 24.6. The Morgan fingerprint density at radius 3 is 1.58 bits per heavy atom. The highest BCUT2D eigenvalue weighted by Gasteiger charge is 2.22. The molecule has 0 spiro atoms. The molecular formula is C43H28N2. The minimum atomic E-state index is 0.986. The highest BCUT2D eigenvalue weighted by atomic mass is 15.0. The van der Waals surface area contributed by atoms with Gasteiger partial charge in [-0.25, -0.2) is 0 Å². The van der Waals surface area contributed by atoms with Crippen LogP contribution in [0, 0.1) is 0 Å². The molecular weight excluding hydrogens is 544 g/mol. The number of benzene rings is 7. The molecule has 45 heavy (non-hydrogen) atoms. The number of nitrogens with zero attached hydrogens (tertiary/aromatic N) is 2. The second-order valence-corrected chi connectivity index (χ2v) is 12.2. The van der Waals surface area contributed by atoms with Crippen LogP contribution in [-0.4, -0.2) is 9.13 Å². The Balaban J connectivity index is 1.22. The maximum Gasteiger partial charge on any atom is 0.0544 e. The summed E-state index contributed by atoms with van der Waals surface area (Å²) in [4.78, 5) is 0. The first kappa shape index (κ1) is 24.6. The maximum absolute atomic E-state index is 2.44. The van der Waals surface area contributed by atoms with E-state index in [1.165, 1.54) is 88.4 Å². The van der Waals surface area contributed by atoms with E-state index in [1.54, 1.807) is 0 Å². The quantitative estimate of drug-likeness (QED) is 0.199. The van der Waals surface area contributed by atoms with Gasteiger partial charge >= 0.3 is 0 Å². The summed E-state index contributed by atoms with van der Waals surface area (Å²) in [6.07, 6.45) is 0.986. The van der Waals surface area contributed by atoms with Gasteiger partial charge < -0.3 is 9.13 Å². The molecule has 0 fully saturated rings. The van der Waals surface area contributed by atoms with Gasteiger partial charge in [0.05, 0.1) is 22.1 Å². The minimum absolute atomic E-state index is 0.986. The van der Waals surface area contributed by atoms with E-state index in [0.29, 0.717) is 0 Å². The van der Waals surface area contributed by atoms with Crippen LogP contribution >= 0.6 is 0 Å². The molecule has 0 saturated carbocycles. The Bertz CT molecular complexity index is 2600. The summed E-state index contributed by atoms with van der Waals surface area (Å²) in [6.45, 7) is 0. The molecule has 9 aromatic rings. The predicted molar refractivity (Wildman–Crippen MR) is 189 cm³/mol. The molecule has 0 N–H and O–H groups in total. The fraction of sp³-hybridized carbons (Fsp3) is 0.0233. The fourth-order valence-electron chi connectivity index (χ4n) is 7.69. The van der Waals surface area contributed by atoms with E-state index in [-0.39, 0.29) is 0 Å². The van der Waals surface area contributed by atoms with Crippen LogP contribution in [0.2, 0.25) is 0 Å². The third kappa shape index (κ3) is 3.57. The second-order valence-electron chi connectivity index (χ2n) is 12.2. The number of hydrogen-bond donors (Lipinski definition) is 0. The van der Waals surface area contributed by atoms with Gasteiger partial charge in [-0.3, -0.25) is 0 Å². The van der Waals surface area contributed by atoms with E-state index in [2.05, 4.69) is 167 Å². The lowest BCUT2D eigenvalue weighted by Gasteiger charge is -2.09. The number of rotatable bonds is 3. The van der Waals surface area contributed by atoms with Crippen molar-refractivity contribution < 1.29 is 0 Å². The lowest BCUT2D eigenvalue weighted by atomic mass is 9.99. The summed E-state index contributed by atoms with van der Waals surface area (Å²) >= 11 is 0.